The Balaban J connectivity index is 1.69. The van der Waals surface area contributed by atoms with E-state index in [-0.39, 0.29) is 0 Å². The number of anilines is 1. The summed E-state index contributed by atoms with van der Waals surface area (Å²) >= 11 is 3.58. The number of nitrogens with zero attached hydrogens (tertiary/aromatic N) is 2. The van der Waals surface area contributed by atoms with Gasteiger partial charge in [-0.1, -0.05) is 60.4 Å². The standard InChI is InChI=1S/C23H21N3OS2/c1-3-16-9-8-14-25(27-2)23(16)26-18-11-5-7-13-20(18)29-22(26)15-21-24-17-10-4-6-12-19(17)28-21/h4-13,15H,3,14H2,1-2H3/p+1. The summed E-state index contributed by atoms with van der Waals surface area (Å²) in [6.45, 7) is 2.93. The second-order valence-electron chi connectivity index (χ2n) is 6.82. The number of hydrogen-bond acceptors (Lipinski definition) is 5. The smallest absolute Gasteiger partial charge is 0.316 e. The van der Waals surface area contributed by atoms with Crippen LogP contribution in [0.15, 0.2) is 76.2 Å². The van der Waals surface area contributed by atoms with Gasteiger partial charge >= 0.3 is 5.82 Å². The van der Waals surface area contributed by atoms with Crippen molar-refractivity contribution in [1.29, 1.82) is 0 Å². The number of hydroxylamine groups is 2. The highest BCUT2D eigenvalue weighted by Crippen LogP contribution is 2.41. The molecular formula is C23H22N3OS2+. The zero-order valence-electron chi connectivity index (χ0n) is 16.4. The number of fused-ring (bicyclic) bond motifs is 2. The van der Waals surface area contributed by atoms with Gasteiger partial charge in [-0.05, 0) is 36.8 Å². The van der Waals surface area contributed by atoms with Gasteiger partial charge in [0.15, 0.2) is 10.5 Å². The molecule has 29 heavy (non-hydrogen) atoms. The third kappa shape index (κ3) is 3.27. The molecule has 0 aliphatic carbocycles. The van der Waals surface area contributed by atoms with Gasteiger partial charge in [0.25, 0.3) is 0 Å². The lowest BCUT2D eigenvalue weighted by atomic mass is 10.1. The third-order valence-corrected chi connectivity index (χ3v) is 7.18. The Labute approximate surface area is 178 Å². The van der Waals surface area contributed by atoms with E-state index in [2.05, 4.69) is 83.6 Å². The molecule has 0 amide bonds. The van der Waals surface area contributed by atoms with E-state index in [9.17, 15) is 0 Å². The number of benzene rings is 2. The van der Waals surface area contributed by atoms with Gasteiger partial charge in [-0.25, -0.2) is 0 Å². The van der Waals surface area contributed by atoms with Crippen LogP contribution in [0.5, 0.6) is 0 Å². The molecule has 0 bridgehead atoms. The number of rotatable bonds is 4. The van der Waals surface area contributed by atoms with Gasteiger partial charge in [-0.2, -0.15) is 9.40 Å². The van der Waals surface area contributed by atoms with E-state index in [0.29, 0.717) is 0 Å². The van der Waals surface area contributed by atoms with Crippen LogP contribution in [0.4, 0.5) is 5.69 Å². The van der Waals surface area contributed by atoms with Crippen LogP contribution in [0.25, 0.3) is 22.1 Å². The molecule has 5 rings (SSSR count). The van der Waals surface area contributed by atoms with Crippen LogP contribution in [-0.4, -0.2) is 18.7 Å². The van der Waals surface area contributed by atoms with Crippen LogP contribution in [0.3, 0.4) is 0 Å². The molecule has 0 radical (unpaired) electrons. The number of thiazole rings is 1. The van der Waals surface area contributed by atoms with Crippen LogP contribution in [0.2, 0.25) is 0 Å². The molecule has 0 unspecified atom stereocenters. The van der Waals surface area contributed by atoms with E-state index in [4.69, 9.17) is 4.84 Å². The third-order valence-electron chi connectivity index (χ3n) is 5.09. The van der Waals surface area contributed by atoms with Crippen molar-refractivity contribution in [2.24, 2.45) is 0 Å². The first-order valence-electron chi connectivity index (χ1n) is 9.69. The molecular weight excluding hydrogens is 398 g/mol. The molecule has 4 nitrogen and oxygen atoms in total. The monoisotopic (exact) mass is 420 g/mol. The van der Waals surface area contributed by atoms with E-state index < -0.39 is 0 Å². The highest BCUT2D eigenvalue weighted by Gasteiger charge is 2.32. The van der Waals surface area contributed by atoms with Gasteiger partial charge in [0.05, 0.1) is 22.5 Å². The Bertz CT molecular complexity index is 1150. The van der Waals surface area contributed by atoms with Crippen molar-refractivity contribution in [2.45, 2.75) is 18.2 Å². The first kappa shape index (κ1) is 18.5. The maximum Gasteiger partial charge on any atom is 0.316 e. The zero-order chi connectivity index (χ0) is 19.8. The maximum atomic E-state index is 5.75. The second kappa shape index (κ2) is 7.71. The molecule has 6 heteroatoms. The van der Waals surface area contributed by atoms with E-state index in [1.807, 2.05) is 5.06 Å². The highest BCUT2D eigenvalue weighted by molar-refractivity contribution is 8.03. The molecule has 0 saturated heterocycles. The van der Waals surface area contributed by atoms with Gasteiger partial charge in [0, 0.05) is 16.5 Å². The van der Waals surface area contributed by atoms with Crippen molar-refractivity contribution in [3.63, 3.8) is 0 Å². The molecule has 2 aromatic carbocycles. The molecule has 0 spiro atoms. The minimum absolute atomic E-state index is 0.737. The highest BCUT2D eigenvalue weighted by atomic mass is 32.2. The summed E-state index contributed by atoms with van der Waals surface area (Å²) in [7, 11) is 1.74. The minimum Gasteiger partial charge on any atom is -0.349 e. The van der Waals surface area contributed by atoms with Crippen molar-refractivity contribution < 1.29 is 9.40 Å². The van der Waals surface area contributed by atoms with Crippen LogP contribution in [-0.2, 0) is 4.84 Å². The summed E-state index contributed by atoms with van der Waals surface area (Å²) < 4.78 is 3.60. The lowest BCUT2D eigenvalue weighted by molar-refractivity contribution is -0.571. The van der Waals surface area contributed by atoms with Crippen molar-refractivity contribution in [2.75, 3.05) is 19.0 Å². The summed E-state index contributed by atoms with van der Waals surface area (Å²) in [4.78, 5) is 7.01. The second-order valence-corrected chi connectivity index (χ2v) is 8.97. The molecule has 1 aromatic heterocycles. The minimum atomic E-state index is 0.737. The lowest BCUT2D eigenvalue weighted by Crippen LogP contribution is -2.45. The quantitative estimate of drug-likeness (QED) is 0.547. The number of aromatic nitrogens is 1. The Morgan fingerprint density at radius 2 is 2.00 bits per heavy atom. The molecule has 2 aliphatic heterocycles. The molecule has 0 atom stereocenters. The van der Waals surface area contributed by atoms with Crippen molar-refractivity contribution in [3.05, 3.63) is 76.3 Å². The summed E-state index contributed by atoms with van der Waals surface area (Å²) in [6.07, 6.45) is 7.57. The first-order valence-corrected chi connectivity index (χ1v) is 11.3. The van der Waals surface area contributed by atoms with E-state index in [0.717, 1.165) is 23.8 Å². The Morgan fingerprint density at radius 3 is 2.83 bits per heavy atom. The number of allylic oxidation sites excluding steroid dienone is 2. The van der Waals surface area contributed by atoms with Crippen LogP contribution in [0.1, 0.15) is 18.4 Å². The van der Waals surface area contributed by atoms with E-state index in [1.165, 1.54) is 31.4 Å². The average Bonchev–Trinajstić information content (AvgIpc) is 3.33. The van der Waals surface area contributed by atoms with Crippen molar-refractivity contribution in [3.8, 4) is 0 Å². The Hall–Kier alpha value is -2.54. The maximum absolute atomic E-state index is 5.75. The molecule has 146 valence electrons. The van der Waals surface area contributed by atoms with E-state index >= 15 is 0 Å². The van der Waals surface area contributed by atoms with Crippen molar-refractivity contribution in [1.82, 2.24) is 5.06 Å². The first-order chi connectivity index (χ1) is 14.3. The SMILES string of the molecule is CCC1=C([n+]2c(C=C3Nc4ccccc4S3)sc3ccccc32)N(OC)CC=C1. The molecule has 2 aliphatic rings. The van der Waals surface area contributed by atoms with Crippen LogP contribution in [0, 0.1) is 0 Å². The average molecular weight is 421 g/mol. The van der Waals surface area contributed by atoms with Crippen molar-refractivity contribution >= 4 is 50.9 Å². The summed E-state index contributed by atoms with van der Waals surface area (Å²) in [5.74, 6) is 1.10. The fraction of sp³-hybridized carbons (Fsp3) is 0.174. The molecule has 0 saturated carbocycles. The lowest BCUT2D eigenvalue weighted by Gasteiger charge is -2.20. The van der Waals surface area contributed by atoms with Crippen LogP contribution < -0.4 is 9.88 Å². The largest absolute Gasteiger partial charge is 0.349 e. The van der Waals surface area contributed by atoms with Gasteiger partial charge in [0.2, 0.25) is 0 Å². The number of nitrogens with one attached hydrogen (secondary N) is 1. The van der Waals surface area contributed by atoms with Gasteiger partial charge in [-0.3, -0.25) is 0 Å². The van der Waals surface area contributed by atoms with Gasteiger partial charge < -0.3 is 5.32 Å². The van der Waals surface area contributed by atoms with Gasteiger partial charge in [-0.15, -0.1) is 5.06 Å². The fourth-order valence-electron chi connectivity index (χ4n) is 3.74. The van der Waals surface area contributed by atoms with Crippen LogP contribution >= 0.6 is 23.1 Å². The molecule has 3 heterocycles. The predicted octanol–water partition coefficient (Wildman–Crippen LogP) is 5.72. The normalized spacial score (nSPS) is 17.3. The summed E-state index contributed by atoms with van der Waals surface area (Å²) in [6, 6.07) is 17.0. The summed E-state index contributed by atoms with van der Waals surface area (Å²) in [5.41, 5.74) is 3.63. The summed E-state index contributed by atoms with van der Waals surface area (Å²) in [5, 5.41) is 7.84. The van der Waals surface area contributed by atoms with E-state index in [1.54, 1.807) is 30.2 Å². The fourth-order valence-corrected chi connectivity index (χ4v) is 5.84. The Kier molecular flexibility index (Phi) is 4.91. The number of thioether (sulfide) groups is 1. The molecule has 3 aromatic rings. The van der Waals surface area contributed by atoms with Gasteiger partial charge in [0.1, 0.15) is 6.54 Å². The number of hydrogen-bond donors (Lipinski definition) is 1. The Morgan fingerprint density at radius 1 is 1.17 bits per heavy atom. The zero-order valence-corrected chi connectivity index (χ0v) is 18.0. The number of para-hydroxylation sites is 2. The predicted molar refractivity (Wildman–Crippen MR) is 122 cm³/mol. The molecule has 0 fully saturated rings. The topological polar surface area (TPSA) is 28.4 Å². The molecule has 1 N–H and O–H groups in total.